The monoisotopic (exact) mass is 237 g/mol. The molecule has 1 saturated carbocycles. The fraction of sp³-hybridized carbons (Fsp3) is 0.571. The summed E-state index contributed by atoms with van der Waals surface area (Å²) in [5.41, 5.74) is 8.06. The number of benzene rings is 1. The van der Waals surface area contributed by atoms with Crippen LogP contribution >= 0.6 is 11.6 Å². The molecule has 1 aliphatic carbocycles. The van der Waals surface area contributed by atoms with Crippen LogP contribution in [-0.2, 0) is 6.42 Å². The summed E-state index contributed by atoms with van der Waals surface area (Å²) in [6.45, 7) is 4.58. The highest BCUT2D eigenvalue weighted by Crippen LogP contribution is 2.45. The van der Waals surface area contributed by atoms with Gasteiger partial charge in [-0.1, -0.05) is 44.0 Å². The lowest BCUT2D eigenvalue weighted by Gasteiger charge is -2.38. The Balaban J connectivity index is 2.18. The molecule has 0 saturated heterocycles. The first-order chi connectivity index (χ1) is 7.43. The van der Waals surface area contributed by atoms with Gasteiger partial charge in [0.25, 0.3) is 0 Å². The van der Waals surface area contributed by atoms with Gasteiger partial charge in [0.2, 0.25) is 0 Å². The standard InChI is InChI=1S/C14H20ClN/c1-13(2)8-3-9-14(13,16)10-11-4-6-12(15)7-5-11/h4-7H,3,8-10,16H2,1-2H3. The van der Waals surface area contributed by atoms with E-state index in [1.807, 2.05) is 12.1 Å². The Kier molecular flexibility index (Phi) is 3.02. The van der Waals surface area contributed by atoms with E-state index in [0.717, 1.165) is 17.9 Å². The highest BCUT2D eigenvalue weighted by Gasteiger charge is 2.45. The Morgan fingerprint density at radius 2 is 1.81 bits per heavy atom. The minimum atomic E-state index is -0.0547. The summed E-state index contributed by atoms with van der Waals surface area (Å²) in [4.78, 5) is 0. The Hall–Kier alpha value is -0.530. The first-order valence-corrected chi connectivity index (χ1v) is 6.34. The van der Waals surface area contributed by atoms with E-state index in [4.69, 9.17) is 17.3 Å². The maximum Gasteiger partial charge on any atom is 0.0406 e. The predicted octanol–water partition coefficient (Wildman–Crippen LogP) is 3.79. The zero-order valence-corrected chi connectivity index (χ0v) is 10.8. The summed E-state index contributed by atoms with van der Waals surface area (Å²) in [7, 11) is 0. The Labute approximate surface area is 103 Å². The second kappa shape index (κ2) is 4.05. The normalized spacial score (nSPS) is 28.2. The molecule has 1 atom stereocenters. The largest absolute Gasteiger partial charge is 0.324 e. The van der Waals surface area contributed by atoms with Crippen LogP contribution in [0.25, 0.3) is 0 Å². The second-order valence-corrected chi connectivity index (χ2v) is 6.13. The van der Waals surface area contributed by atoms with E-state index in [9.17, 15) is 0 Å². The van der Waals surface area contributed by atoms with Crippen molar-refractivity contribution in [2.75, 3.05) is 0 Å². The molecule has 0 radical (unpaired) electrons. The fourth-order valence-corrected chi connectivity index (χ4v) is 2.85. The first kappa shape index (κ1) is 11.9. The molecule has 1 aromatic rings. The molecule has 1 aromatic carbocycles. The number of hydrogen-bond acceptors (Lipinski definition) is 1. The van der Waals surface area contributed by atoms with Crippen LogP contribution in [-0.4, -0.2) is 5.54 Å². The van der Waals surface area contributed by atoms with Gasteiger partial charge in [0.1, 0.15) is 0 Å². The molecule has 0 amide bonds. The number of rotatable bonds is 2. The lowest BCUT2D eigenvalue weighted by Crippen LogP contribution is -2.50. The van der Waals surface area contributed by atoms with Crippen molar-refractivity contribution in [3.8, 4) is 0 Å². The van der Waals surface area contributed by atoms with Gasteiger partial charge in [-0.25, -0.2) is 0 Å². The van der Waals surface area contributed by atoms with Crippen LogP contribution in [0.4, 0.5) is 0 Å². The van der Waals surface area contributed by atoms with Crippen molar-refractivity contribution in [2.24, 2.45) is 11.1 Å². The second-order valence-electron chi connectivity index (χ2n) is 5.70. The SMILES string of the molecule is CC1(C)CCCC1(N)Cc1ccc(Cl)cc1. The minimum Gasteiger partial charge on any atom is -0.324 e. The fourth-order valence-electron chi connectivity index (χ4n) is 2.73. The molecule has 0 heterocycles. The van der Waals surface area contributed by atoms with Crippen LogP contribution in [0.1, 0.15) is 38.7 Å². The van der Waals surface area contributed by atoms with Gasteiger partial charge in [0, 0.05) is 10.6 Å². The van der Waals surface area contributed by atoms with Crippen LogP contribution in [0.3, 0.4) is 0 Å². The molecule has 88 valence electrons. The zero-order chi connectivity index (χ0) is 11.8. The highest BCUT2D eigenvalue weighted by molar-refractivity contribution is 6.30. The Morgan fingerprint density at radius 1 is 1.19 bits per heavy atom. The van der Waals surface area contributed by atoms with Crippen LogP contribution in [0, 0.1) is 5.41 Å². The van der Waals surface area contributed by atoms with Crippen molar-refractivity contribution in [3.05, 3.63) is 34.9 Å². The van der Waals surface area contributed by atoms with Crippen molar-refractivity contribution in [1.29, 1.82) is 0 Å². The average molecular weight is 238 g/mol. The molecule has 1 fully saturated rings. The molecular weight excluding hydrogens is 218 g/mol. The quantitative estimate of drug-likeness (QED) is 0.832. The summed E-state index contributed by atoms with van der Waals surface area (Å²) in [5, 5.41) is 0.792. The number of nitrogens with two attached hydrogens (primary N) is 1. The van der Waals surface area contributed by atoms with Gasteiger partial charge in [-0.15, -0.1) is 0 Å². The molecule has 0 bridgehead atoms. The summed E-state index contributed by atoms with van der Waals surface area (Å²) >= 11 is 5.89. The molecule has 0 aliphatic heterocycles. The van der Waals surface area contributed by atoms with Crippen LogP contribution in [0.2, 0.25) is 5.02 Å². The zero-order valence-electron chi connectivity index (χ0n) is 10.1. The smallest absolute Gasteiger partial charge is 0.0406 e. The summed E-state index contributed by atoms with van der Waals surface area (Å²) < 4.78 is 0. The van der Waals surface area contributed by atoms with Gasteiger partial charge in [0.05, 0.1) is 0 Å². The van der Waals surface area contributed by atoms with Gasteiger partial charge in [-0.3, -0.25) is 0 Å². The van der Waals surface area contributed by atoms with E-state index >= 15 is 0 Å². The Bertz CT molecular complexity index is 369. The highest BCUT2D eigenvalue weighted by atomic mass is 35.5. The first-order valence-electron chi connectivity index (χ1n) is 5.96. The average Bonchev–Trinajstić information content (AvgIpc) is 2.45. The van der Waals surface area contributed by atoms with Gasteiger partial charge >= 0.3 is 0 Å². The van der Waals surface area contributed by atoms with Crippen molar-refractivity contribution < 1.29 is 0 Å². The van der Waals surface area contributed by atoms with Gasteiger partial charge < -0.3 is 5.73 Å². The molecule has 1 nitrogen and oxygen atoms in total. The van der Waals surface area contributed by atoms with E-state index in [-0.39, 0.29) is 11.0 Å². The third-order valence-corrected chi connectivity index (χ3v) is 4.46. The van der Waals surface area contributed by atoms with Crippen LogP contribution in [0.5, 0.6) is 0 Å². The maximum absolute atomic E-state index is 6.57. The van der Waals surface area contributed by atoms with Gasteiger partial charge in [-0.05, 0) is 42.4 Å². The van der Waals surface area contributed by atoms with Crippen molar-refractivity contribution in [1.82, 2.24) is 0 Å². The third kappa shape index (κ3) is 2.11. The summed E-state index contributed by atoms with van der Waals surface area (Å²) in [5.74, 6) is 0. The molecule has 0 aromatic heterocycles. The van der Waals surface area contributed by atoms with E-state index in [1.165, 1.54) is 18.4 Å². The lowest BCUT2D eigenvalue weighted by molar-refractivity contribution is 0.207. The van der Waals surface area contributed by atoms with Gasteiger partial charge in [-0.2, -0.15) is 0 Å². The molecule has 1 aliphatic rings. The topological polar surface area (TPSA) is 26.0 Å². The van der Waals surface area contributed by atoms with E-state index in [2.05, 4.69) is 26.0 Å². The number of hydrogen-bond donors (Lipinski definition) is 1. The van der Waals surface area contributed by atoms with Crippen molar-refractivity contribution in [3.63, 3.8) is 0 Å². The van der Waals surface area contributed by atoms with E-state index in [0.29, 0.717) is 0 Å². The summed E-state index contributed by atoms with van der Waals surface area (Å²) in [6.07, 6.45) is 4.56. The molecule has 2 N–H and O–H groups in total. The predicted molar refractivity (Wildman–Crippen MR) is 69.7 cm³/mol. The van der Waals surface area contributed by atoms with Crippen molar-refractivity contribution >= 4 is 11.6 Å². The van der Waals surface area contributed by atoms with Crippen molar-refractivity contribution in [2.45, 2.75) is 45.1 Å². The molecule has 2 rings (SSSR count). The number of halogens is 1. The van der Waals surface area contributed by atoms with E-state index in [1.54, 1.807) is 0 Å². The van der Waals surface area contributed by atoms with Crippen LogP contribution < -0.4 is 5.73 Å². The maximum atomic E-state index is 6.57. The lowest BCUT2D eigenvalue weighted by atomic mass is 9.72. The molecular formula is C14H20ClN. The minimum absolute atomic E-state index is 0.0547. The molecule has 1 unspecified atom stereocenters. The van der Waals surface area contributed by atoms with Gasteiger partial charge in [0.15, 0.2) is 0 Å². The van der Waals surface area contributed by atoms with Crippen LogP contribution in [0.15, 0.2) is 24.3 Å². The van der Waals surface area contributed by atoms with E-state index < -0.39 is 0 Å². The molecule has 16 heavy (non-hydrogen) atoms. The molecule has 2 heteroatoms. The third-order valence-electron chi connectivity index (χ3n) is 4.21. The Morgan fingerprint density at radius 3 is 2.31 bits per heavy atom. The molecule has 0 spiro atoms. The summed E-state index contributed by atoms with van der Waals surface area (Å²) in [6, 6.07) is 8.07.